The molecule has 2 rings (SSSR count). The topological polar surface area (TPSA) is 78.3 Å². The minimum absolute atomic E-state index is 0.366. The number of nitrogen functional groups attached to an aromatic ring is 1. The van der Waals surface area contributed by atoms with Gasteiger partial charge in [0.25, 0.3) is 5.91 Å². The third kappa shape index (κ3) is 3.15. The second-order valence-corrected chi connectivity index (χ2v) is 4.93. The van der Waals surface area contributed by atoms with Gasteiger partial charge in [-0.05, 0) is 37.0 Å². The molecule has 0 atom stereocenters. The fourth-order valence-electron chi connectivity index (χ4n) is 2.43. The largest absolute Gasteiger partial charge is 0.492 e. The Hall–Kier alpha value is -1.71. The van der Waals surface area contributed by atoms with Crippen LogP contribution in [-0.4, -0.2) is 12.5 Å². The Morgan fingerprint density at radius 1 is 1.28 bits per heavy atom. The number of carbonyl (C=O) groups excluding carboxylic acids is 1. The van der Waals surface area contributed by atoms with Gasteiger partial charge in [0.2, 0.25) is 0 Å². The molecule has 0 aliphatic heterocycles. The van der Waals surface area contributed by atoms with E-state index in [1.807, 2.05) is 0 Å². The molecule has 0 unspecified atom stereocenters. The van der Waals surface area contributed by atoms with Crippen molar-refractivity contribution < 1.29 is 9.53 Å². The summed E-state index contributed by atoms with van der Waals surface area (Å²) in [6.07, 6.45) is 6.30. The molecule has 4 heteroatoms. The molecule has 0 radical (unpaired) electrons. The molecule has 0 saturated heterocycles. The molecular weight excluding hydrogens is 228 g/mol. The summed E-state index contributed by atoms with van der Waals surface area (Å²) < 4.78 is 5.74. The molecule has 1 amide bonds. The number of hydrogen-bond acceptors (Lipinski definition) is 3. The number of hydrogen-bond donors (Lipinski definition) is 2. The van der Waals surface area contributed by atoms with Crippen LogP contribution < -0.4 is 16.2 Å². The third-order valence-electron chi connectivity index (χ3n) is 3.47. The highest BCUT2D eigenvalue weighted by Crippen LogP contribution is 2.26. The van der Waals surface area contributed by atoms with Crippen molar-refractivity contribution in [2.75, 3.05) is 12.3 Å². The number of primary amides is 1. The molecule has 1 fully saturated rings. The van der Waals surface area contributed by atoms with Crippen LogP contribution in [0.15, 0.2) is 18.2 Å². The van der Waals surface area contributed by atoms with Gasteiger partial charge in [0.15, 0.2) is 0 Å². The first-order valence-corrected chi connectivity index (χ1v) is 6.49. The van der Waals surface area contributed by atoms with Crippen molar-refractivity contribution in [3.8, 4) is 5.75 Å². The van der Waals surface area contributed by atoms with Gasteiger partial charge in [-0.3, -0.25) is 4.79 Å². The van der Waals surface area contributed by atoms with E-state index in [4.69, 9.17) is 16.2 Å². The highest BCUT2D eigenvalue weighted by atomic mass is 16.5. The van der Waals surface area contributed by atoms with Crippen LogP contribution in [0.4, 0.5) is 5.69 Å². The van der Waals surface area contributed by atoms with E-state index >= 15 is 0 Å². The van der Waals surface area contributed by atoms with Crippen LogP contribution in [0.2, 0.25) is 0 Å². The van der Waals surface area contributed by atoms with E-state index in [9.17, 15) is 4.79 Å². The summed E-state index contributed by atoms with van der Waals surface area (Å²) >= 11 is 0. The lowest BCUT2D eigenvalue weighted by atomic mass is 9.90. The number of carbonyl (C=O) groups is 1. The fourth-order valence-corrected chi connectivity index (χ4v) is 2.43. The van der Waals surface area contributed by atoms with E-state index in [0.29, 0.717) is 29.5 Å². The Labute approximate surface area is 107 Å². The minimum atomic E-state index is -0.499. The van der Waals surface area contributed by atoms with E-state index < -0.39 is 5.91 Å². The molecule has 0 bridgehead atoms. The average Bonchev–Trinajstić information content (AvgIpc) is 2.38. The number of nitrogens with two attached hydrogens (primary N) is 2. The maximum atomic E-state index is 11.3. The van der Waals surface area contributed by atoms with E-state index in [-0.39, 0.29) is 0 Å². The first kappa shape index (κ1) is 12.7. The van der Waals surface area contributed by atoms with Gasteiger partial charge in [0.05, 0.1) is 12.2 Å². The molecule has 0 spiro atoms. The first-order valence-electron chi connectivity index (χ1n) is 6.49. The van der Waals surface area contributed by atoms with Crippen LogP contribution in [0.5, 0.6) is 5.75 Å². The number of rotatable bonds is 4. The van der Waals surface area contributed by atoms with E-state index in [0.717, 1.165) is 0 Å². The molecule has 1 aromatic carbocycles. The van der Waals surface area contributed by atoms with E-state index in [1.54, 1.807) is 18.2 Å². The summed E-state index contributed by atoms with van der Waals surface area (Å²) in [7, 11) is 0. The first-order chi connectivity index (χ1) is 8.66. The Morgan fingerprint density at radius 3 is 2.67 bits per heavy atom. The van der Waals surface area contributed by atoms with Crippen LogP contribution in [0.1, 0.15) is 42.5 Å². The van der Waals surface area contributed by atoms with E-state index in [1.165, 1.54) is 32.1 Å². The monoisotopic (exact) mass is 248 g/mol. The summed E-state index contributed by atoms with van der Waals surface area (Å²) in [6.45, 7) is 0.657. The molecule has 98 valence electrons. The minimum Gasteiger partial charge on any atom is -0.492 e. The highest BCUT2D eigenvalue weighted by Gasteiger charge is 2.16. The Bertz CT molecular complexity index is 426. The van der Waals surface area contributed by atoms with Gasteiger partial charge in [0, 0.05) is 5.69 Å². The summed E-state index contributed by atoms with van der Waals surface area (Å²) in [5.74, 6) is 0.639. The molecular formula is C14H20N2O2. The highest BCUT2D eigenvalue weighted by molar-refractivity contribution is 5.96. The van der Waals surface area contributed by atoms with Gasteiger partial charge in [-0.15, -0.1) is 0 Å². The van der Waals surface area contributed by atoms with Crippen molar-refractivity contribution >= 4 is 11.6 Å². The molecule has 1 aliphatic carbocycles. The molecule has 18 heavy (non-hydrogen) atoms. The molecule has 0 heterocycles. The van der Waals surface area contributed by atoms with Gasteiger partial charge in [-0.1, -0.05) is 19.3 Å². The van der Waals surface area contributed by atoms with Gasteiger partial charge in [0.1, 0.15) is 5.75 Å². The number of anilines is 1. The fraction of sp³-hybridized carbons (Fsp3) is 0.500. The average molecular weight is 248 g/mol. The van der Waals surface area contributed by atoms with Crippen molar-refractivity contribution in [3.63, 3.8) is 0 Å². The number of amides is 1. The maximum Gasteiger partial charge on any atom is 0.252 e. The molecule has 1 saturated carbocycles. The van der Waals surface area contributed by atoms with Crippen LogP contribution in [0.25, 0.3) is 0 Å². The van der Waals surface area contributed by atoms with E-state index in [2.05, 4.69) is 0 Å². The van der Waals surface area contributed by atoms with Gasteiger partial charge >= 0.3 is 0 Å². The molecule has 4 N–H and O–H groups in total. The second-order valence-electron chi connectivity index (χ2n) is 4.93. The molecule has 1 aliphatic rings. The standard InChI is InChI=1S/C14H20N2O2/c15-11-6-7-13(12(8-11)14(16)17)18-9-10-4-2-1-3-5-10/h6-8,10H,1-5,9,15H2,(H2,16,17). The SMILES string of the molecule is NC(=O)c1cc(N)ccc1OCC1CCCCC1. The summed E-state index contributed by atoms with van der Waals surface area (Å²) in [6, 6.07) is 5.01. The summed E-state index contributed by atoms with van der Waals surface area (Å²) in [5, 5.41) is 0. The molecule has 4 nitrogen and oxygen atoms in total. The summed E-state index contributed by atoms with van der Waals surface area (Å²) in [5.41, 5.74) is 11.8. The Balaban J connectivity index is 2.01. The third-order valence-corrected chi connectivity index (χ3v) is 3.47. The molecule has 1 aromatic rings. The van der Waals surface area contributed by atoms with Crippen molar-refractivity contribution in [2.45, 2.75) is 32.1 Å². The normalized spacial score (nSPS) is 16.4. The lowest BCUT2D eigenvalue weighted by Crippen LogP contribution is -2.18. The van der Waals surface area contributed by atoms with Crippen LogP contribution in [0.3, 0.4) is 0 Å². The Morgan fingerprint density at radius 2 is 2.00 bits per heavy atom. The van der Waals surface area contributed by atoms with Gasteiger partial charge < -0.3 is 16.2 Å². The van der Waals surface area contributed by atoms with Gasteiger partial charge in [-0.2, -0.15) is 0 Å². The summed E-state index contributed by atoms with van der Waals surface area (Å²) in [4.78, 5) is 11.3. The Kier molecular flexibility index (Phi) is 4.07. The van der Waals surface area contributed by atoms with Gasteiger partial charge in [-0.25, -0.2) is 0 Å². The van der Waals surface area contributed by atoms with Crippen molar-refractivity contribution in [3.05, 3.63) is 23.8 Å². The molecule has 0 aromatic heterocycles. The lowest BCUT2D eigenvalue weighted by molar-refractivity contribution is 0.0994. The van der Waals surface area contributed by atoms with Crippen LogP contribution in [-0.2, 0) is 0 Å². The van der Waals surface area contributed by atoms with Crippen LogP contribution >= 0.6 is 0 Å². The predicted molar refractivity (Wildman–Crippen MR) is 71.4 cm³/mol. The second kappa shape index (κ2) is 5.76. The quantitative estimate of drug-likeness (QED) is 0.803. The number of ether oxygens (including phenoxy) is 1. The zero-order valence-electron chi connectivity index (χ0n) is 10.5. The van der Waals surface area contributed by atoms with Crippen LogP contribution in [0, 0.1) is 5.92 Å². The lowest BCUT2D eigenvalue weighted by Gasteiger charge is -2.22. The zero-order chi connectivity index (χ0) is 13.0. The smallest absolute Gasteiger partial charge is 0.252 e. The zero-order valence-corrected chi connectivity index (χ0v) is 10.5. The van der Waals surface area contributed by atoms with Crippen molar-refractivity contribution in [1.29, 1.82) is 0 Å². The van der Waals surface area contributed by atoms with Crippen molar-refractivity contribution in [1.82, 2.24) is 0 Å². The predicted octanol–water partition coefficient (Wildman–Crippen LogP) is 2.33. The van der Waals surface area contributed by atoms with Crippen molar-refractivity contribution in [2.24, 2.45) is 11.7 Å². The maximum absolute atomic E-state index is 11.3. The number of benzene rings is 1.